The Bertz CT molecular complexity index is 252. The molecule has 0 saturated heterocycles. The van der Waals surface area contributed by atoms with Gasteiger partial charge in [-0.1, -0.05) is 38.5 Å². The van der Waals surface area contributed by atoms with Gasteiger partial charge in [0.25, 0.3) is 6.47 Å². The topological polar surface area (TPSA) is 62.0 Å². The number of rotatable bonds is 2. The lowest BCUT2D eigenvalue weighted by molar-refractivity contribution is -0.122. The third-order valence-electron chi connectivity index (χ3n) is 3.63. The zero-order valence-electron chi connectivity index (χ0n) is 11.1. The van der Waals surface area contributed by atoms with E-state index in [4.69, 9.17) is 9.90 Å². The molecule has 0 spiro atoms. The highest BCUT2D eigenvalue weighted by molar-refractivity contribution is 5.42. The van der Waals surface area contributed by atoms with Crippen molar-refractivity contribution in [3.05, 3.63) is 0 Å². The van der Waals surface area contributed by atoms with Gasteiger partial charge in [0.15, 0.2) is 0 Å². The first kappa shape index (κ1) is 14.9. The van der Waals surface area contributed by atoms with Gasteiger partial charge in [0.05, 0.1) is 18.1 Å². The van der Waals surface area contributed by atoms with E-state index in [1.807, 2.05) is 0 Å². The van der Waals surface area contributed by atoms with Gasteiger partial charge >= 0.3 is 0 Å². The maximum atomic E-state index is 8.36. The standard InChI is InChI=1S/C13H22N2.CH2O2/c1-3-7-12(8-4-1)14-11-15-13-9-5-2-6-10-13;2-1-3/h12-13H,1-10H2;1H,(H,2,3). The Hall–Kier alpha value is -1.15. The summed E-state index contributed by atoms with van der Waals surface area (Å²) in [7, 11) is 0. The lowest BCUT2D eigenvalue weighted by Crippen LogP contribution is -2.10. The van der Waals surface area contributed by atoms with E-state index in [0.29, 0.717) is 12.1 Å². The summed E-state index contributed by atoms with van der Waals surface area (Å²) in [5.74, 6) is 0. The van der Waals surface area contributed by atoms with Crippen LogP contribution in [0.4, 0.5) is 0 Å². The minimum atomic E-state index is -0.250. The lowest BCUT2D eigenvalue weighted by atomic mass is 9.96. The average molecular weight is 252 g/mol. The normalized spacial score (nSPS) is 21.1. The molecule has 0 heterocycles. The first-order valence-electron chi connectivity index (χ1n) is 7.09. The number of hydrogen-bond donors (Lipinski definition) is 1. The Morgan fingerprint density at radius 2 is 1.17 bits per heavy atom. The van der Waals surface area contributed by atoms with Crippen LogP contribution in [0.1, 0.15) is 64.2 Å². The van der Waals surface area contributed by atoms with Gasteiger partial charge in [0, 0.05) is 0 Å². The molecule has 2 aliphatic rings. The van der Waals surface area contributed by atoms with Crippen molar-refractivity contribution in [3.63, 3.8) is 0 Å². The fourth-order valence-electron chi connectivity index (χ4n) is 2.62. The number of hydrogen-bond acceptors (Lipinski definition) is 3. The van der Waals surface area contributed by atoms with Crippen LogP contribution in [-0.2, 0) is 4.79 Å². The Balaban J connectivity index is 0.000000492. The van der Waals surface area contributed by atoms with Crippen LogP contribution < -0.4 is 0 Å². The van der Waals surface area contributed by atoms with Crippen LogP contribution in [0.5, 0.6) is 0 Å². The Labute approximate surface area is 109 Å². The summed E-state index contributed by atoms with van der Waals surface area (Å²) in [6.07, 6.45) is 13.2. The maximum absolute atomic E-state index is 8.36. The van der Waals surface area contributed by atoms with Crippen LogP contribution in [-0.4, -0.2) is 29.7 Å². The highest BCUT2D eigenvalue weighted by atomic mass is 16.3. The number of aliphatic imine (C=N–C) groups is 2. The van der Waals surface area contributed by atoms with Crippen molar-refractivity contribution in [1.82, 2.24) is 0 Å². The quantitative estimate of drug-likeness (QED) is 0.603. The summed E-state index contributed by atoms with van der Waals surface area (Å²) < 4.78 is 0. The summed E-state index contributed by atoms with van der Waals surface area (Å²) >= 11 is 0. The van der Waals surface area contributed by atoms with Gasteiger partial charge < -0.3 is 5.11 Å². The fraction of sp³-hybridized carbons (Fsp3) is 0.857. The average Bonchev–Trinajstić information content (AvgIpc) is 2.42. The molecule has 0 aliphatic heterocycles. The lowest BCUT2D eigenvalue weighted by Gasteiger charge is -2.17. The first-order chi connectivity index (χ1) is 8.86. The van der Waals surface area contributed by atoms with E-state index in [9.17, 15) is 0 Å². The molecule has 0 aromatic carbocycles. The van der Waals surface area contributed by atoms with Crippen molar-refractivity contribution in [2.24, 2.45) is 9.98 Å². The van der Waals surface area contributed by atoms with Crippen molar-refractivity contribution in [2.75, 3.05) is 0 Å². The summed E-state index contributed by atoms with van der Waals surface area (Å²) in [5, 5.41) is 6.89. The van der Waals surface area contributed by atoms with Crippen molar-refractivity contribution in [2.45, 2.75) is 76.3 Å². The molecule has 0 atom stereocenters. The Morgan fingerprint density at radius 1 is 0.833 bits per heavy atom. The molecule has 0 bridgehead atoms. The second kappa shape index (κ2) is 9.84. The molecular formula is C14H24N2O2. The molecule has 0 aromatic rings. The second-order valence-electron chi connectivity index (χ2n) is 5.05. The summed E-state index contributed by atoms with van der Waals surface area (Å²) in [6, 6.07) is 4.04. The molecule has 2 aliphatic carbocycles. The predicted octanol–water partition coefficient (Wildman–Crippen LogP) is 3.53. The molecule has 4 nitrogen and oxygen atoms in total. The number of carboxylic acid groups (broad SMARTS) is 1. The van der Waals surface area contributed by atoms with Gasteiger partial charge in [-0.05, 0) is 25.7 Å². The van der Waals surface area contributed by atoms with Gasteiger partial charge in [-0.15, -0.1) is 0 Å². The molecule has 1 N–H and O–H groups in total. The molecule has 2 fully saturated rings. The van der Waals surface area contributed by atoms with E-state index in [1.54, 1.807) is 0 Å². The van der Waals surface area contributed by atoms with Crippen molar-refractivity contribution < 1.29 is 9.90 Å². The fourth-order valence-corrected chi connectivity index (χ4v) is 2.62. The zero-order valence-corrected chi connectivity index (χ0v) is 11.1. The number of carbonyl (C=O) groups is 1. The predicted molar refractivity (Wildman–Crippen MR) is 72.3 cm³/mol. The molecule has 102 valence electrons. The van der Waals surface area contributed by atoms with Crippen LogP contribution in [0.3, 0.4) is 0 Å². The summed E-state index contributed by atoms with van der Waals surface area (Å²) in [4.78, 5) is 17.3. The smallest absolute Gasteiger partial charge is 0.290 e. The molecule has 2 rings (SSSR count). The monoisotopic (exact) mass is 252 g/mol. The van der Waals surface area contributed by atoms with Crippen molar-refractivity contribution in [3.8, 4) is 0 Å². The Morgan fingerprint density at radius 3 is 1.50 bits per heavy atom. The van der Waals surface area contributed by atoms with Crippen LogP contribution in [0.25, 0.3) is 0 Å². The molecular weight excluding hydrogens is 228 g/mol. The first-order valence-corrected chi connectivity index (χ1v) is 7.09. The maximum Gasteiger partial charge on any atom is 0.290 e. The van der Waals surface area contributed by atoms with Crippen LogP contribution in [0.2, 0.25) is 0 Å². The summed E-state index contributed by atoms with van der Waals surface area (Å²) in [6.45, 7) is -0.250. The van der Waals surface area contributed by atoms with E-state index in [0.717, 1.165) is 0 Å². The van der Waals surface area contributed by atoms with Gasteiger partial charge in [-0.2, -0.15) is 0 Å². The third kappa shape index (κ3) is 6.55. The molecule has 0 unspecified atom stereocenters. The van der Waals surface area contributed by atoms with E-state index >= 15 is 0 Å². The SMILES string of the molecule is C(=NC1CCCCC1)=NC1CCCCC1.O=CO. The van der Waals surface area contributed by atoms with Gasteiger partial charge in [-0.3, -0.25) is 4.79 Å². The molecule has 0 radical (unpaired) electrons. The van der Waals surface area contributed by atoms with Crippen LogP contribution in [0.15, 0.2) is 9.98 Å². The van der Waals surface area contributed by atoms with E-state index in [-0.39, 0.29) is 6.47 Å². The summed E-state index contributed by atoms with van der Waals surface area (Å²) in [5.41, 5.74) is 0. The van der Waals surface area contributed by atoms with Gasteiger partial charge in [-0.25, -0.2) is 9.98 Å². The molecule has 2 saturated carbocycles. The van der Waals surface area contributed by atoms with E-state index in [1.165, 1.54) is 64.2 Å². The highest BCUT2D eigenvalue weighted by Crippen LogP contribution is 2.21. The highest BCUT2D eigenvalue weighted by Gasteiger charge is 2.12. The van der Waals surface area contributed by atoms with Crippen LogP contribution in [0, 0.1) is 0 Å². The van der Waals surface area contributed by atoms with Gasteiger partial charge in [0.1, 0.15) is 0 Å². The minimum absolute atomic E-state index is 0.250. The van der Waals surface area contributed by atoms with E-state index < -0.39 is 0 Å². The molecule has 4 heteroatoms. The molecule has 18 heavy (non-hydrogen) atoms. The van der Waals surface area contributed by atoms with Crippen LogP contribution >= 0.6 is 0 Å². The molecule has 0 aromatic heterocycles. The van der Waals surface area contributed by atoms with Crippen molar-refractivity contribution >= 4 is 12.5 Å². The van der Waals surface area contributed by atoms with Gasteiger partial charge in [0.2, 0.25) is 0 Å². The Kier molecular flexibility index (Phi) is 8.15. The zero-order chi connectivity index (χ0) is 13.1. The minimum Gasteiger partial charge on any atom is -0.483 e. The third-order valence-corrected chi connectivity index (χ3v) is 3.63. The molecule has 0 amide bonds. The second-order valence-corrected chi connectivity index (χ2v) is 5.05. The van der Waals surface area contributed by atoms with E-state index in [2.05, 4.69) is 16.0 Å². The number of nitrogens with zero attached hydrogens (tertiary/aromatic N) is 2. The largest absolute Gasteiger partial charge is 0.483 e. The van der Waals surface area contributed by atoms with Crippen molar-refractivity contribution in [1.29, 1.82) is 0 Å².